The minimum absolute atomic E-state index is 0.127. The van der Waals surface area contributed by atoms with Gasteiger partial charge in [0.05, 0.1) is 30.6 Å². The van der Waals surface area contributed by atoms with Crippen LogP contribution in [0.2, 0.25) is 0 Å². The largest absolute Gasteiger partial charge is 0.507 e. The highest BCUT2D eigenvalue weighted by Gasteiger charge is 2.26. The summed E-state index contributed by atoms with van der Waals surface area (Å²) in [6.07, 6.45) is 3.58. The molecule has 6 nitrogen and oxygen atoms in total. The quantitative estimate of drug-likeness (QED) is 0.673. The Morgan fingerprint density at radius 2 is 1.93 bits per heavy atom. The lowest BCUT2D eigenvalue weighted by Gasteiger charge is -2.30. The van der Waals surface area contributed by atoms with Crippen LogP contribution in [0.4, 0.5) is 0 Å². The van der Waals surface area contributed by atoms with E-state index in [1.807, 2.05) is 12.1 Å². The third-order valence-electron chi connectivity index (χ3n) is 6.03. The number of phenolic OH excluding ortho intramolecular Hbond substituents is 1. The number of phenols is 1. The SMILES string of the molecule is COc1ccccc1Oc1c(C)oc2c(C[NH+]3CCCC[C@@H]3C)c(O)ccc2c1=O. The number of methoxy groups -OCH3 is 1. The summed E-state index contributed by atoms with van der Waals surface area (Å²) in [5.41, 5.74) is 0.859. The van der Waals surface area contributed by atoms with E-state index in [-0.39, 0.29) is 16.9 Å². The molecule has 0 bridgehead atoms. The standard InChI is InChI=1S/C24H27NO5/c1-15-8-6-7-13-25(15)14-18-19(26)12-11-17-22(27)23(16(2)29-24(17)18)30-21-10-5-4-9-20(21)28-3/h4-5,9-12,15,26H,6-8,13-14H2,1-3H3/p+1/t15-/m0/s1. The van der Waals surface area contributed by atoms with Crippen LogP contribution < -0.4 is 19.8 Å². The van der Waals surface area contributed by atoms with Gasteiger partial charge in [-0.2, -0.15) is 0 Å². The lowest BCUT2D eigenvalue weighted by molar-refractivity contribution is -0.941. The summed E-state index contributed by atoms with van der Waals surface area (Å²) in [5.74, 6) is 1.63. The zero-order valence-electron chi connectivity index (χ0n) is 17.7. The van der Waals surface area contributed by atoms with Crippen LogP contribution in [0, 0.1) is 6.92 Å². The summed E-state index contributed by atoms with van der Waals surface area (Å²) in [4.78, 5) is 14.7. The van der Waals surface area contributed by atoms with Crippen molar-refractivity contribution in [2.24, 2.45) is 0 Å². The summed E-state index contributed by atoms with van der Waals surface area (Å²) in [5, 5.41) is 11.0. The highest BCUT2D eigenvalue weighted by molar-refractivity contribution is 5.83. The van der Waals surface area contributed by atoms with Gasteiger partial charge in [-0.25, -0.2) is 0 Å². The van der Waals surface area contributed by atoms with Gasteiger partial charge in [0.25, 0.3) is 0 Å². The Bertz CT molecular complexity index is 1120. The summed E-state index contributed by atoms with van der Waals surface area (Å²) in [6.45, 7) is 5.61. The second kappa shape index (κ2) is 8.40. The smallest absolute Gasteiger partial charge is 0.235 e. The molecule has 0 amide bonds. The number of likely N-dealkylation sites (tertiary alicyclic amines) is 1. The van der Waals surface area contributed by atoms with Crippen molar-refractivity contribution >= 4 is 11.0 Å². The third kappa shape index (κ3) is 3.75. The number of ether oxygens (including phenoxy) is 2. The highest BCUT2D eigenvalue weighted by Crippen LogP contribution is 2.34. The maximum absolute atomic E-state index is 13.3. The molecule has 1 saturated heterocycles. The number of para-hydroxylation sites is 2. The molecule has 3 aromatic rings. The minimum Gasteiger partial charge on any atom is -0.507 e. The van der Waals surface area contributed by atoms with E-state index in [1.54, 1.807) is 38.3 Å². The maximum atomic E-state index is 13.3. The first kappa shape index (κ1) is 20.3. The third-order valence-corrected chi connectivity index (χ3v) is 6.03. The van der Waals surface area contributed by atoms with Gasteiger partial charge in [0.2, 0.25) is 11.2 Å². The topological polar surface area (TPSA) is 73.3 Å². The Morgan fingerprint density at radius 3 is 2.67 bits per heavy atom. The van der Waals surface area contributed by atoms with Gasteiger partial charge in [0, 0.05) is 0 Å². The second-order valence-corrected chi connectivity index (χ2v) is 7.99. The Hall–Kier alpha value is -2.99. The van der Waals surface area contributed by atoms with Crippen molar-refractivity contribution in [3.05, 3.63) is 57.9 Å². The fraction of sp³-hybridized carbons (Fsp3) is 0.375. The monoisotopic (exact) mass is 410 g/mol. The molecule has 2 N–H and O–H groups in total. The number of hydrogen-bond acceptors (Lipinski definition) is 5. The van der Waals surface area contributed by atoms with Gasteiger partial charge in [0.1, 0.15) is 18.1 Å². The van der Waals surface area contributed by atoms with Crippen molar-refractivity contribution < 1.29 is 23.9 Å². The van der Waals surface area contributed by atoms with Gasteiger partial charge >= 0.3 is 0 Å². The molecule has 1 aliphatic rings. The zero-order valence-corrected chi connectivity index (χ0v) is 17.7. The first-order chi connectivity index (χ1) is 14.5. The van der Waals surface area contributed by atoms with E-state index in [9.17, 15) is 9.90 Å². The fourth-order valence-electron chi connectivity index (χ4n) is 4.24. The summed E-state index contributed by atoms with van der Waals surface area (Å²) in [6, 6.07) is 10.8. The molecule has 1 aliphatic heterocycles. The van der Waals surface area contributed by atoms with Gasteiger partial charge < -0.3 is 23.9 Å². The molecule has 4 rings (SSSR count). The van der Waals surface area contributed by atoms with E-state index in [4.69, 9.17) is 13.9 Å². The van der Waals surface area contributed by atoms with Crippen LogP contribution in [0.5, 0.6) is 23.0 Å². The number of benzene rings is 2. The number of rotatable bonds is 5. The Balaban J connectivity index is 1.78. The normalized spacial score (nSPS) is 19.0. The molecule has 0 aliphatic carbocycles. The van der Waals surface area contributed by atoms with E-state index >= 15 is 0 Å². The van der Waals surface area contributed by atoms with E-state index in [0.29, 0.717) is 46.4 Å². The number of nitrogens with one attached hydrogen (secondary N) is 1. The average molecular weight is 410 g/mol. The van der Waals surface area contributed by atoms with E-state index in [0.717, 1.165) is 6.54 Å². The summed E-state index contributed by atoms with van der Waals surface area (Å²) >= 11 is 0. The van der Waals surface area contributed by atoms with Crippen LogP contribution in [0.1, 0.15) is 37.5 Å². The van der Waals surface area contributed by atoms with E-state index in [1.165, 1.54) is 24.2 Å². The van der Waals surface area contributed by atoms with Gasteiger partial charge in [-0.3, -0.25) is 4.79 Å². The molecule has 1 unspecified atom stereocenters. The number of quaternary nitrogens is 1. The molecule has 30 heavy (non-hydrogen) atoms. The van der Waals surface area contributed by atoms with Crippen LogP contribution in [-0.4, -0.2) is 24.8 Å². The van der Waals surface area contributed by atoms with Crippen molar-refractivity contribution in [2.75, 3.05) is 13.7 Å². The Morgan fingerprint density at radius 1 is 1.17 bits per heavy atom. The predicted molar refractivity (Wildman–Crippen MR) is 115 cm³/mol. The van der Waals surface area contributed by atoms with Crippen molar-refractivity contribution in [3.63, 3.8) is 0 Å². The van der Waals surface area contributed by atoms with Crippen molar-refractivity contribution in [1.29, 1.82) is 0 Å². The molecule has 0 spiro atoms. The van der Waals surface area contributed by atoms with Crippen LogP contribution in [0.3, 0.4) is 0 Å². The van der Waals surface area contributed by atoms with Crippen molar-refractivity contribution in [2.45, 2.75) is 45.7 Å². The predicted octanol–water partition coefficient (Wildman–Crippen LogP) is 3.57. The molecule has 2 atom stereocenters. The van der Waals surface area contributed by atoms with Crippen molar-refractivity contribution in [1.82, 2.24) is 0 Å². The number of aromatic hydroxyl groups is 1. The number of aryl methyl sites for hydroxylation is 1. The van der Waals surface area contributed by atoms with Crippen LogP contribution >= 0.6 is 0 Å². The lowest BCUT2D eigenvalue weighted by Crippen LogP contribution is -3.14. The molecule has 6 heteroatoms. The van der Waals surface area contributed by atoms with Gasteiger partial charge in [-0.1, -0.05) is 12.1 Å². The van der Waals surface area contributed by atoms with Crippen LogP contribution in [-0.2, 0) is 6.54 Å². The molecular weight excluding hydrogens is 382 g/mol. The highest BCUT2D eigenvalue weighted by atomic mass is 16.5. The zero-order chi connectivity index (χ0) is 21.3. The van der Waals surface area contributed by atoms with Crippen LogP contribution in [0.25, 0.3) is 11.0 Å². The van der Waals surface area contributed by atoms with Crippen molar-refractivity contribution in [3.8, 4) is 23.0 Å². The molecule has 158 valence electrons. The molecule has 1 aromatic heterocycles. The number of piperidine rings is 1. The van der Waals surface area contributed by atoms with Gasteiger partial charge in [-0.15, -0.1) is 0 Å². The van der Waals surface area contributed by atoms with Gasteiger partial charge in [0.15, 0.2) is 17.1 Å². The maximum Gasteiger partial charge on any atom is 0.235 e. The lowest BCUT2D eigenvalue weighted by atomic mass is 10.0. The Labute approximate surface area is 175 Å². The molecule has 1 fully saturated rings. The van der Waals surface area contributed by atoms with Crippen LogP contribution in [0.15, 0.2) is 45.6 Å². The summed E-state index contributed by atoms with van der Waals surface area (Å²) in [7, 11) is 1.55. The van der Waals surface area contributed by atoms with Gasteiger partial charge in [-0.05, 0) is 57.4 Å². The number of fused-ring (bicyclic) bond motifs is 1. The first-order valence-electron chi connectivity index (χ1n) is 10.4. The molecule has 0 radical (unpaired) electrons. The first-order valence-corrected chi connectivity index (χ1v) is 10.4. The summed E-state index contributed by atoms with van der Waals surface area (Å²) < 4.78 is 17.3. The molecule has 2 heterocycles. The fourth-order valence-corrected chi connectivity index (χ4v) is 4.24. The molecule has 2 aromatic carbocycles. The number of hydrogen-bond donors (Lipinski definition) is 2. The van der Waals surface area contributed by atoms with E-state index in [2.05, 4.69) is 6.92 Å². The molecule has 0 saturated carbocycles. The van der Waals surface area contributed by atoms with E-state index < -0.39 is 0 Å². The average Bonchev–Trinajstić information content (AvgIpc) is 2.75. The Kier molecular flexibility index (Phi) is 5.68. The second-order valence-electron chi connectivity index (χ2n) is 7.99. The molecular formula is C24H28NO5+. The minimum atomic E-state index is -0.261.